The maximum Gasteiger partial charge on any atom is 0.131 e. The standard InChI is InChI=1S/C13H18BrClN2O/c1-10-8-11(14)9-16-13(10)17-5-2-12(3-6-17)18-7-4-15/h8-9,12H,2-7H2,1H3. The summed E-state index contributed by atoms with van der Waals surface area (Å²) in [5, 5.41) is 0. The molecule has 0 bridgehead atoms. The monoisotopic (exact) mass is 332 g/mol. The van der Waals surface area contributed by atoms with Gasteiger partial charge in [0.25, 0.3) is 0 Å². The molecule has 0 aliphatic carbocycles. The molecule has 0 N–H and O–H groups in total. The Morgan fingerprint density at radius 1 is 1.50 bits per heavy atom. The first-order valence-electron chi connectivity index (χ1n) is 6.25. The van der Waals surface area contributed by atoms with E-state index in [1.807, 2.05) is 6.20 Å². The third-order valence-corrected chi connectivity index (χ3v) is 3.78. The summed E-state index contributed by atoms with van der Waals surface area (Å²) >= 11 is 9.08. The molecule has 1 aliphatic rings. The summed E-state index contributed by atoms with van der Waals surface area (Å²) in [6.45, 7) is 4.76. The van der Waals surface area contributed by atoms with Crippen LogP contribution in [0.15, 0.2) is 16.7 Å². The Morgan fingerprint density at radius 3 is 2.83 bits per heavy atom. The van der Waals surface area contributed by atoms with Crippen molar-refractivity contribution in [3.63, 3.8) is 0 Å². The van der Waals surface area contributed by atoms with Crippen molar-refractivity contribution in [3.8, 4) is 0 Å². The summed E-state index contributed by atoms with van der Waals surface area (Å²) in [6.07, 6.45) is 4.32. The van der Waals surface area contributed by atoms with E-state index < -0.39 is 0 Å². The molecule has 0 spiro atoms. The van der Waals surface area contributed by atoms with Gasteiger partial charge >= 0.3 is 0 Å². The summed E-state index contributed by atoms with van der Waals surface area (Å²) < 4.78 is 6.71. The van der Waals surface area contributed by atoms with Gasteiger partial charge in [-0.3, -0.25) is 0 Å². The van der Waals surface area contributed by atoms with E-state index in [9.17, 15) is 0 Å². The number of halogens is 2. The van der Waals surface area contributed by atoms with Gasteiger partial charge in [-0.05, 0) is 47.3 Å². The van der Waals surface area contributed by atoms with Crippen LogP contribution in [0.4, 0.5) is 5.82 Å². The van der Waals surface area contributed by atoms with Crippen LogP contribution in [0.3, 0.4) is 0 Å². The molecular weight excluding hydrogens is 316 g/mol. The fourth-order valence-electron chi connectivity index (χ4n) is 2.31. The number of aromatic nitrogens is 1. The molecule has 0 aromatic carbocycles. The van der Waals surface area contributed by atoms with Crippen molar-refractivity contribution >= 4 is 33.3 Å². The highest BCUT2D eigenvalue weighted by atomic mass is 79.9. The Labute approximate surface area is 122 Å². The molecule has 100 valence electrons. The summed E-state index contributed by atoms with van der Waals surface area (Å²) in [5.41, 5.74) is 1.21. The van der Waals surface area contributed by atoms with Crippen LogP contribution in [0.25, 0.3) is 0 Å². The highest BCUT2D eigenvalue weighted by molar-refractivity contribution is 9.10. The van der Waals surface area contributed by atoms with E-state index in [0.717, 1.165) is 36.2 Å². The van der Waals surface area contributed by atoms with Gasteiger partial charge < -0.3 is 9.64 Å². The van der Waals surface area contributed by atoms with Crippen LogP contribution in [-0.2, 0) is 4.74 Å². The van der Waals surface area contributed by atoms with E-state index in [1.165, 1.54) is 5.56 Å². The fourth-order valence-corrected chi connectivity index (χ4v) is 2.84. The minimum Gasteiger partial charge on any atom is -0.377 e. The Morgan fingerprint density at radius 2 is 2.22 bits per heavy atom. The maximum atomic E-state index is 5.68. The van der Waals surface area contributed by atoms with E-state index in [-0.39, 0.29) is 0 Å². The Hall–Kier alpha value is -0.320. The molecule has 0 radical (unpaired) electrons. The average molecular weight is 334 g/mol. The van der Waals surface area contributed by atoms with Crippen LogP contribution in [-0.4, -0.2) is 36.7 Å². The third-order valence-electron chi connectivity index (χ3n) is 3.19. The molecule has 1 fully saturated rings. The average Bonchev–Trinajstić information content (AvgIpc) is 2.37. The fraction of sp³-hybridized carbons (Fsp3) is 0.615. The van der Waals surface area contributed by atoms with Crippen LogP contribution in [0, 0.1) is 6.92 Å². The van der Waals surface area contributed by atoms with Gasteiger partial charge in [0.1, 0.15) is 5.82 Å². The number of alkyl halides is 1. The number of aryl methyl sites for hydroxylation is 1. The zero-order valence-corrected chi connectivity index (χ0v) is 12.9. The van der Waals surface area contributed by atoms with Gasteiger partial charge in [-0.2, -0.15) is 0 Å². The molecule has 1 saturated heterocycles. The van der Waals surface area contributed by atoms with Crippen LogP contribution < -0.4 is 4.90 Å². The van der Waals surface area contributed by atoms with Crippen LogP contribution in [0.2, 0.25) is 0 Å². The lowest BCUT2D eigenvalue weighted by Crippen LogP contribution is -2.38. The van der Waals surface area contributed by atoms with Crippen LogP contribution in [0.1, 0.15) is 18.4 Å². The summed E-state index contributed by atoms with van der Waals surface area (Å²) in [4.78, 5) is 6.84. The van der Waals surface area contributed by atoms with E-state index in [0.29, 0.717) is 18.6 Å². The van der Waals surface area contributed by atoms with E-state index in [1.54, 1.807) is 0 Å². The first-order chi connectivity index (χ1) is 8.70. The maximum absolute atomic E-state index is 5.68. The highest BCUT2D eigenvalue weighted by Crippen LogP contribution is 2.24. The minimum absolute atomic E-state index is 0.357. The zero-order valence-electron chi connectivity index (χ0n) is 10.5. The van der Waals surface area contributed by atoms with Crippen LogP contribution in [0.5, 0.6) is 0 Å². The first kappa shape index (κ1) is 14.1. The predicted octanol–water partition coefficient (Wildman–Crippen LogP) is 3.38. The Kier molecular flexibility index (Phi) is 5.27. The highest BCUT2D eigenvalue weighted by Gasteiger charge is 2.21. The SMILES string of the molecule is Cc1cc(Br)cnc1N1CCC(OCCCl)CC1. The van der Waals surface area contributed by atoms with E-state index in [2.05, 4.69) is 38.8 Å². The van der Waals surface area contributed by atoms with Gasteiger partial charge in [-0.25, -0.2) is 4.98 Å². The van der Waals surface area contributed by atoms with Gasteiger partial charge in [0.15, 0.2) is 0 Å². The lowest BCUT2D eigenvalue weighted by Gasteiger charge is -2.33. The lowest BCUT2D eigenvalue weighted by molar-refractivity contribution is 0.0471. The molecule has 1 aromatic heterocycles. The summed E-state index contributed by atoms with van der Waals surface area (Å²) in [5.74, 6) is 1.67. The number of hydrogen-bond acceptors (Lipinski definition) is 3. The molecule has 0 saturated carbocycles. The largest absolute Gasteiger partial charge is 0.377 e. The van der Waals surface area contributed by atoms with Crippen molar-refractivity contribution in [1.82, 2.24) is 4.98 Å². The molecule has 5 heteroatoms. The molecule has 1 aromatic rings. The molecule has 0 unspecified atom stereocenters. The van der Waals surface area contributed by atoms with Crippen molar-refractivity contribution in [2.24, 2.45) is 0 Å². The topological polar surface area (TPSA) is 25.4 Å². The normalized spacial score (nSPS) is 17.2. The van der Waals surface area contributed by atoms with Crippen molar-refractivity contribution < 1.29 is 4.74 Å². The molecule has 18 heavy (non-hydrogen) atoms. The summed E-state index contributed by atoms with van der Waals surface area (Å²) in [6, 6.07) is 2.11. The summed E-state index contributed by atoms with van der Waals surface area (Å²) in [7, 11) is 0. The zero-order chi connectivity index (χ0) is 13.0. The number of ether oxygens (including phenoxy) is 1. The number of piperidine rings is 1. The molecule has 0 atom stereocenters. The quantitative estimate of drug-likeness (QED) is 0.790. The van der Waals surface area contributed by atoms with E-state index >= 15 is 0 Å². The first-order valence-corrected chi connectivity index (χ1v) is 7.58. The van der Waals surface area contributed by atoms with Crippen molar-refractivity contribution in [1.29, 1.82) is 0 Å². The molecule has 2 rings (SSSR count). The molecule has 1 aliphatic heterocycles. The van der Waals surface area contributed by atoms with Gasteiger partial charge in [0.05, 0.1) is 12.7 Å². The molecular formula is C13H18BrClN2O. The number of anilines is 1. The molecule has 2 heterocycles. The van der Waals surface area contributed by atoms with Crippen molar-refractivity contribution in [2.45, 2.75) is 25.9 Å². The second-order valence-corrected chi connectivity index (χ2v) is 5.83. The number of nitrogens with zero attached hydrogens (tertiary/aromatic N) is 2. The molecule has 0 amide bonds. The predicted molar refractivity (Wildman–Crippen MR) is 78.6 cm³/mol. The van der Waals surface area contributed by atoms with Crippen molar-refractivity contribution in [3.05, 3.63) is 22.3 Å². The van der Waals surface area contributed by atoms with Gasteiger partial charge in [0, 0.05) is 29.6 Å². The third kappa shape index (κ3) is 3.59. The second kappa shape index (κ2) is 6.73. The smallest absolute Gasteiger partial charge is 0.131 e. The Bertz CT molecular complexity index is 395. The Balaban J connectivity index is 1.93. The van der Waals surface area contributed by atoms with Gasteiger partial charge in [-0.15, -0.1) is 11.6 Å². The second-order valence-electron chi connectivity index (χ2n) is 4.54. The van der Waals surface area contributed by atoms with E-state index in [4.69, 9.17) is 16.3 Å². The van der Waals surface area contributed by atoms with Crippen LogP contribution >= 0.6 is 27.5 Å². The minimum atomic E-state index is 0.357. The molecule has 3 nitrogen and oxygen atoms in total. The number of hydrogen-bond donors (Lipinski definition) is 0. The van der Waals surface area contributed by atoms with Crippen molar-refractivity contribution in [2.75, 3.05) is 30.5 Å². The van der Waals surface area contributed by atoms with Gasteiger partial charge in [-0.1, -0.05) is 0 Å². The number of pyridine rings is 1. The number of rotatable bonds is 4. The lowest BCUT2D eigenvalue weighted by atomic mass is 10.1. The van der Waals surface area contributed by atoms with Gasteiger partial charge in [0.2, 0.25) is 0 Å².